The van der Waals surface area contributed by atoms with Gasteiger partial charge in [0.15, 0.2) is 5.82 Å². The van der Waals surface area contributed by atoms with Crippen LogP contribution in [0.1, 0.15) is 24.6 Å². The van der Waals surface area contributed by atoms with Gasteiger partial charge in [0.2, 0.25) is 0 Å². The molecule has 4 nitrogen and oxygen atoms in total. The summed E-state index contributed by atoms with van der Waals surface area (Å²) >= 11 is 0. The van der Waals surface area contributed by atoms with Crippen molar-refractivity contribution in [1.82, 2.24) is 9.97 Å². The summed E-state index contributed by atoms with van der Waals surface area (Å²) in [5.41, 5.74) is 4.82. The van der Waals surface area contributed by atoms with Gasteiger partial charge in [-0.25, -0.2) is 9.97 Å². The lowest BCUT2D eigenvalue weighted by Gasteiger charge is -2.12. The van der Waals surface area contributed by atoms with Gasteiger partial charge >= 0.3 is 0 Å². The molecular formula is C17H22N4. The fourth-order valence-electron chi connectivity index (χ4n) is 2.75. The summed E-state index contributed by atoms with van der Waals surface area (Å²) in [6, 6.07) is 8.54. The van der Waals surface area contributed by atoms with Gasteiger partial charge in [-0.1, -0.05) is 6.92 Å². The molecule has 1 N–H and O–H groups in total. The number of likely N-dealkylation sites (N-methyl/N-ethyl adjacent to an activating group) is 1. The van der Waals surface area contributed by atoms with Crippen LogP contribution in [0.2, 0.25) is 0 Å². The first-order valence-electron chi connectivity index (χ1n) is 7.61. The van der Waals surface area contributed by atoms with Crippen LogP contribution in [-0.2, 0) is 6.42 Å². The van der Waals surface area contributed by atoms with Crippen molar-refractivity contribution >= 4 is 11.5 Å². The molecule has 0 atom stereocenters. The predicted octanol–water partition coefficient (Wildman–Crippen LogP) is 3.27. The van der Waals surface area contributed by atoms with Crippen molar-refractivity contribution in [1.29, 1.82) is 0 Å². The Morgan fingerprint density at radius 1 is 1.24 bits per heavy atom. The fraction of sp³-hybridized carbons (Fsp3) is 0.412. The predicted molar refractivity (Wildman–Crippen MR) is 88.0 cm³/mol. The molecule has 0 radical (unpaired) electrons. The number of fused-ring (bicyclic) bond motifs is 1. The van der Waals surface area contributed by atoms with E-state index >= 15 is 0 Å². The number of aromatic nitrogens is 2. The van der Waals surface area contributed by atoms with Crippen molar-refractivity contribution in [2.75, 3.05) is 30.4 Å². The molecule has 0 unspecified atom stereocenters. The number of rotatable bonds is 4. The number of hydrogen-bond donors (Lipinski definition) is 1. The van der Waals surface area contributed by atoms with E-state index in [-0.39, 0.29) is 0 Å². The largest absolute Gasteiger partial charge is 0.374 e. The quantitative estimate of drug-likeness (QED) is 0.934. The van der Waals surface area contributed by atoms with Crippen LogP contribution in [0, 0.1) is 6.92 Å². The molecule has 3 rings (SSSR count). The zero-order chi connectivity index (χ0) is 14.8. The zero-order valence-corrected chi connectivity index (χ0v) is 13.0. The molecule has 0 saturated heterocycles. The topological polar surface area (TPSA) is 41.1 Å². The Morgan fingerprint density at radius 3 is 2.90 bits per heavy atom. The lowest BCUT2D eigenvalue weighted by molar-refractivity contribution is 0.956. The molecule has 1 aliphatic rings. The van der Waals surface area contributed by atoms with Gasteiger partial charge < -0.3 is 10.2 Å². The number of hydrogen-bond acceptors (Lipinski definition) is 4. The second-order valence-electron chi connectivity index (χ2n) is 5.66. The Balaban J connectivity index is 1.95. The zero-order valence-electron chi connectivity index (χ0n) is 13.0. The van der Waals surface area contributed by atoms with Gasteiger partial charge in [0.25, 0.3) is 0 Å². The van der Waals surface area contributed by atoms with Gasteiger partial charge in [0, 0.05) is 43.1 Å². The van der Waals surface area contributed by atoms with Crippen LogP contribution >= 0.6 is 0 Å². The summed E-state index contributed by atoms with van der Waals surface area (Å²) < 4.78 is 0. The van der Waals surface area contributed by atoms with Crippen LogP contribution in [0.3, 0.4) is 0 Å². The third-order valence-electron chi connectivity index (χ3n) is 3.88. The van der Waals surface area contributed by atoms with Crippen LogP contribution in [-0.4, -0.2) is 30.1 Å². The molecule has 110 valence electrons. The first-order valence-corrected chi connectivity index (χ1v) is 7.61. The third kappa shape index (κ3) is 2.84. The highest BCUT2D eigenvalue weighted by Crippen LogP contribution is 2.30. The highest BCUT2D eigenvalue weighted by Gasteiger charge is 2.16. The molecular weight excluding hydrogens is 260 g/mol. The maximum absolute atomic E-state index is 4.65. The van der Waals surface area contributed by atoms with Gasteiger partial charge in [0.1, 0.15) is 5.82 Å². The number of benzene rings is 1. The standard InChI is InChI=1S/C17H22N4/c1-4-8-18-16-10-12(2)19-17(20-16)14-5-6-15-13(11-14)7-9-21(15)3/h5-6,10-11H,4,7-9H2,1-3H3,(H,18,19,20). The normalized spacial score (nSPS) is 13.4. The Morgan fingerprint density at radius 2 is 2.10 bits per heavy atom. The minimum Gasteiger partial charge on any atom is -0.374 e. The van der Waals surface area contributed by atoms with E-state index in [1.54, 1.807) is 0 Å². The monoisotopic (exact) mass is 282 g/mol. The lowest BCUT2D eigenvalue weighted by Crippen LogP contribution is -2.12. The van der Waals surface area contributed by atoms with Crippen molar-refractivity contribution < 1.29 is 0 Å². The van der Waals surface area contributed by atoms with E-state index in [0.29, 0.717) is 0 Å². The molecule has 21 heavy (non-hydrogen) atoms. The Kier molecular flexibility index (Phi) is 3.78. The molecule has 4 heteroatoms. The molecule has 1 aromatic heterocycles. The van der Waals surface area contributed by atoms with E-state index < -0.39 is 0 Å². The summed E-state index contributed by atoms with van der Waals surface area (Å²) in [6.45, 7) is 6.20. The molecule has 0 amide bonds. The third-order valence-corrected chi connectivity index (χ3v) is 3.88. The minimum atomic E-state index is 0.811. The molecule has 0 spiro atoms. The van der Waals surface area contributed by atoms with Crippen LogP contribution in [0.4, 0.5) is 11.5 Å². The number of nitrogens with one attached hydrogen (secondary N) is 1. The molecule has 0 bridgehead atoms. The van der Waals surface area contributed by atoms with Gasteiger partial charge in [-0.05, 0) is 43.5 Å². The SMILES string of the molecule is CCCNc1cc(C)nc(-c2ccc3c(c2)CCN3C)n1. The average molecular weight is 282 g/mol. The summed E-state index contributed by atoms with van der Waals surface area (Å²) in [4.78, 5) is 11.5. The first kappa shape index (κ1) is 13.9. The second kappa shape index (κ2) is 5.72. The van der Waals surface area contributed by atoms with Crippen molar-refractivity contribution in [3.8, 4) is 11.4 Å². The summed E-state index contributed by atoms with van der Waals surface area (Å²) in [5, 5.41) is 3.35. The molecule has 0 fully saturated rings. The first-order chi connectivity index (χ1) is 10.2. The molecule has 2 heterocycles. The molecule has 0 aliphatic carbocycles. The molecule has 2 aromatic rings. The lowest BCUT2D eigenvalue weighted by atomic mass is 10.1. The van der Waals surface area contributed by atoms with Crippen LogP contribution < -0.4 is 10.2 Å². The second-order valence-corrected chi connectivity index (χ2v) is 5.66. The fourth-order valence-corrected chi connectivity index (χ4v) is 2.75. The van der Waals surface area contributed by atoms with E-state index in [9.17, 15) is 0 Å². The Hall–Kier alpha value is -2.10. The van der Waals surface area contributed by atoms with Gasteiger partial charge in [-0.3, -0.25) is 0 Å². The van der Waals surface area contributed by atoms with Gasteiger partial charge in [-0.15, -0.1) is 0 Å². The van der Waals surface area contributed by atoms with E-state index in [4.69, 9.17) is 0 Å². The molecule has 0 saturated carbocycles. The number of anilines is 2. The van der Waals surface area contributed by atoms with E-state index in [1.165, 1.54) is 11.3 Å². The Bertz CT molecular complexity index is 651. The summed E-state index contributed by atoms with van der Waals surface area (Å²) in [5.74, 6) is 1.72. The van der Waals surface area contributed by atoms with E-state index in [0.717, 1.165) is 48.8 Å². The van der Waals surface area contributed by atoms with Crippen molar-refractivity contribution in [2.24, 2.45) is 0 Å². The maximum Gasteiger partial charge on any atom is 0.161 e. The van der Waals surface area contributed by atoms with E-state index in [2.05, 4.69) is 52.4 Å². The highest BCUT2D eigenvalue weighted by molar-refractivity contribution is 5.67. The van der Waals surface area contributed by atoms with Crippen molar-refractivity contribution in [2.45, 2.75) is 26.7 Å². The van der Waals surface area contributed by atoms with E-state index in [1.807, 2.05) is 13.0 Å². The van der Waals surface area contributed by atoms with Crippen LogP contribution in [0.15, 0.2) is 24.3 Å². The van der Waals surface area contributed by atoms with Crippen molar-refractivity contribution in [3.63, 3.8) is 0 Å². The smallest absolute Gasteiger partial charge is 0.161 e. The van der Waals surface area contributed by atoms with Gasteiger partial charge in [0.05, 0.1) is 0 Å². The van der Waals surface area contributed by atoms with Crippen LogP contribution in [0.5, 0.6) is 0 Å². The maximum atomic E-state index is 4.65. The summed E-state index contributed by atoms with van der Waals surface area (Å²) in [6.07, 6.45) is 2.19. The van der Waals surface area contributed by atoms with Crippen LogP contribution in [0.25, 0.3) is 11.4 Å². The minimum absolute atomic E-state index is 0.811. The number of nitrogens with zero attached hydrogens (tertiary/aromatic N) is 3. The van der Waals surface area contributed by atoms with Gasteiger partial charge in [-0.2, -0.15) is 0 Å². The summed E-state index contributed by atoms with van der Waals surface area (Å²) in [7, 11) is 2.14. The Labute approximate surface area is 126 Å². The molecule has 1 aromatic carbocycles. The average Bonchev–Trinajstić information content (AvgIpc) is 2.85. The number of aryl methyl sites for hydroxylation is 1. The van der Waals surface area contributed by atoms with Crippen molar-refractivity contribution in [3.05, 3.63) is 35.5 Å². The molecule has 1 aliphatic heterocycles. The highest BCUT2D eigenvalue weighted by atomic mass is 15.1.